The number of ether oxygens (including phenoxy) is 2. The van der Waals surface area contributed by atoms with Crippen LogP contribution in [0.15, 0.2) is 47.8 Å². The fourth-order valence-corrected chi connectivity index (χ4v) is 3.88. The van der Waals surface area contributed by atoms with Gasteiger partial charge in [-0.05, 0) is 39.3 Å². The minimum absolute atomic E-state index is 0.0130. The molecule has 0 aliphatic heterocycles. The molecular weight excluding hydrogens is 470 g/mol. The molecule has 0 spiro atoms. The molecule has 1 aromatic carbocycles. The lowest BCUT2D eigenvalue weighted by Crippen LogP contribution is -2.34. The molecule has 0 saturated carbocycles. The summed E-state index contributed by atoms with van der Waals surface area (Å²) in [5, 5.41) is 14.3. The third-order valence-corrected chi connectivity index (χ3v) is 5.52. The molecule has 0 aliphatic rings. The topological polar surface area (TPSA) is 128 Å². The van der Waals surface area contributed by atoms with E-state index in [1.807, 2.05) is 6.07 Å². The van der Waals surface area contributed by atoms with Crippen LogP contribution in [-0.2, 0) is 27.3 Å². The van der Waals surface area contributed by atoms with Gasteiger partial charge in [-0.25, -0.2) is 19.6 Å². The molecule has 2 aromatic heterocycles. The van der Waals surface area contributed by atoms with Gasteiger partial charge in [-0.15, -0.1) is 11.3 Å². The van der Waals surface area contributed by atoms with Crippen LogP contribution in [0.5, 0.6) is 0 Å². The zero-order valence-electron chi connectivity index (χ0n) is 19.9. The van der Waals surface area contributed by atoms with Crippen molar-refractivity contribution in [2.45, 2.75) is 52.4 Å². The van der Waals surface area contributed by atoms with Crippen LogP contribution in [0.1, 0.15) is 61.0 Å². The predicted molar refractivity (Wildman–Crippen MR) is 130 cm³/mol. The third-order valence-electron chi connectivity index (χ3n) is 4.66. The number of amides is 1. The molecular formula is C25H27N3O6S. The number of hydrogen-bond acceptors (Lipinski definition) is 9. The van der Waals surface area contributed by atoms with E-state index in [0.717, 1.165) is 16.9 Å². The van der Waals surface area contributed by atoms with Crippen molar-refractivity contribution in [1.82, 2.24) is 15.3 Å². The maximum atomic E-state index is 12.4. The summed E-state index contributed by atoms with van der Waals surface area (Å²) >= 11 is 1.16. The fourth-order valence-electron chi connectivity index (χ4n) is 3.12. The Hall–Kier alpha value is -3.63. The molecule has 2 heterocycles. The Morgan fingerprint density at radius 2 is 1.80 bits per heavy atom. The number of nitrogens with zero attached hydrogens (tertiary/aromatic N) is 2. The highest BCUT2D eigenvalue weighted by molar-refractivity contribution is 7.13. The number of thiazole rings is 1. The average molecular weight is 498 g/mol. The molecule has 1 atom stereocenters. The lowest BCUT2D eigenvalue weighted by molar-refractivity contribution is -0.137. The van der Waals surface area contributed by atoms with Gasteiger partial charge in [-0.1, -0.05) is 36.4 Å². The van der Waals surface area contributed by atoms with Crippen LogP contribution in [0.2, 0.25) is 0 Å². The molecule has 3 aromatic rings. The highest BCUT2D eigenvalue weighted by atomic mass is 32.1. The summed E-state index contributed by atoms with van der Waals surface area (Å²) in [6.07, 6.45) is -0.639. The van der Waals surface area contributed by atoms with E-state index in [1.54, 1.807) is 64.1 Å². The number of aliphatic hydroxyl groups excluding tert-OH is 1. The molecule has 0 bridgehead atoms. The van der Waals surface area contributed by atoms with Crippen LogP contribution in [0.3, 0.4) is 0 Å². The maximum Gasteiger partial charge on any atom is 0.408 e. The number of carbonyl (C=O) groups excluding carboxylic acids is 3. The van der Waals surface area contributed by atoms with Gasteiger partial charge in [0.2, 0.25) is 0 Å². The standard InChI is InChI=1S/C25H27N3O6S/c1-15(26-24(32)34-25(2,3)4)21-17(13-29)10-11-18(27-21)22-28-19(14-35-22)23(31)33-20(30)12-16-8-6-5-7-9-16/h5-11,14-15,29H,12-13H2,1-4H3,(H,26,32). The summed E-state index contributed by atoms with van der Waals surface area (Å²) in [6, 6.07) is 11.7. The second kappa shape index (κ2) is 11.2. The highest BCUT2D eigenvalue weighted by Crippen LogP contribution is 2.26. The average Bonchev–Trinajstić information content (AvgIpc) is 3.28. The minimum Gasteiger partial charge on any atom is -0.444 e. The van der Waals surface area contributed by atoms with Crippen molar-refractivity contribution in [2.75, 3.05) is 0 Å². The number of benzene rings is 1. The maximum absolute atomic E-state index is 12.4. The SMILES string of the molecule is CC(NC(=O)OC(C)(C)C)c1nc(-c2nc(C(=O)OC(=O)Cc3ccccc3)cs2)ccc1CO. The number of carbonyl (C=O) groups is 3. The molecule has 10 heteroatoms. The van der Waals surface area contributed by atoms with Gasteiger partial charge in [0, 0.05) is 10.9 Å². The zero-order valence-corrected chi connectivity index (χ0v) is 20.7. The summed E-state index contributed by atoms with van der Waals surface area (Å²) in [6.45, 7) is 6.72. The van der Waals surface area contributed by atoms with Gasteiger partial charge >= 0.3 is 18.0 Å². The number of rotatable bonds is 7. The number of aliphatic hydroxyl groups is 1. The van der Waals surface area contributed by atoms with E-state index in [2.05, 4.69) is 15.3 Å². The van der Waals surface area contributed by atoms with Gasteiger partial charge in [0.05, 0.1) is 30.5 Å². The molecule has 1 amide bonds. The molecule has 2 N–H and O–H groups in total. The van der Waals surface area contributed by atoms with Gasteiger partial charge in [-0.3, -0.25) is 4.79 Å². The van der Waals surface area contributed by atoms with Crippen molar-refractivity contribution in [3.63, 3.8) is 0 Å². The normalized spacial score (nSPS) is 12.0. The van der Waals surface area contributed by atoms with Crippen molar-refractivity contribution in [3.8, 4) is 10.7 Å². The number of pyridine rings is 1. The lowest BCUT2D eigenvalue weighted by Gasteiger charge is -2.22. The monoisotopic (exact) mass is 497 g/mol. The summed E-state index contributed by atoms with van der Waals surface area (Å²) in [4.78, 5) is 45.5. The number of aromatic nitrogens is 2. The first-order valence-corrected chi connectivity index (χ1v) is 11.8. The molecule has 9 nitrogen and oxygen atoms in total. The van der Waals surface area contributed by atoms with Crippen LogP contribution >= 0.6 is 11.3 Å². The Bertz CT molecular complexity index is 1200. The van der Waals surface area contributed by atoms with Gasteiger partial charge in [0.1, 0.15) is 10.6 Å². The Morgan fingerprint density at radius 1 is 1.09 bits per heavy atom. The van der Waals surface area contributed by atoms with Gasteiger partial charge < -0.3 is 19.9 Å². The number of esters is 2. The lowest BCUT2D eigenvalue weighted by atomic mass is 10.1. The van der Waals surface area contributed by atoms with Crippen LogP contribution < -0.4 is 5.32 Å². The van der Waals surface area contributed by atoms with E-state index >= 15 is 0 Å². The van der Waals surface area contributed by atoms with Gasteiger partial charge in [0.15, 0.2) is 5.69 Å². The van der Waals surface area contributed by atoms with Crippen LogP contribution in [0, 0.1) is 0 Å². The van der Waals surface area contributed by atoms with E-state index in [0.29, 0.717) is 22.0 Å². The van der Waals surface area contributed by atoms with Crippen molar-refractivity contribution < 1.29 is 29.0 Å². The van der Waals surface area contributed by atoms with E-state index in [4.69, 9.17) is 9.47 Å². The highest BCUT2D eigenvalue weighted by Gasteiger charge is 2.22. The Balaban J connectivity index is 1.72. The molecule has 1 unspecified atom stereocenters. The molecule has 184 valence electrons. The molecule has 0 aliphatic carbocycles. The first kappa shape index (κ1) is 26.0. The van der Waals surface area contributed by atoms with Crippen LogP contribution in [0.4, 0.5) is 4.79 Å². The van der Waals surface area contributed by atoms with Crippen molar-refractivity contribution in [3.05, 3.63) is 70.4 Å². The molecule has 35 heavy (non-hydrogen) atoms. The Kier molecular flexibility index (Phi) is 8.31. The largest absolute Gasteiger partial charge is 0.444 e. The van der Waals surface area contributed by atoms with E-state index < -0.39 is 29.7 Å². The fraction of sp³-hybridized carbons (Fsp3) is 0.320. The summed E-state index contributed by atoms with van der Waals surface area (Å²) in [5.41, 5.74) is 1.47. The van der Waals surface area contributed by atoms with Crippen molar-refractivity contribution in [1.29, 1.82) is 0 Å². The quantitative estimate of drug-likeness (QED) is 0.367. The Labute approximate surface area is 207 Å². The predicted octanol–water partition coefficient (Wildman–Crippen LogP) is 4.21. The second-order valence-corrected chi connectivity index (χ2v) is 9.59. The summed E-state index contributed by atoms with van der Waals surface area (Å²) in [7, 11) is 0. The van der Waals surface area contributed by atoms with Gasteiger partial charge in [-0.2, -0.15) is 0 Å². The van der Waals surface area contributed by atoms with Gasteiger partial charge in [0.25, 0.3) is 0 Å². The summed E-state index contributed by atoms with van der Waals surface area (Å²) < 4.78 is 10.2. The molecule has 0 saturated heterocycles. The smallest absolute Gasteiger partial charge is 0.408 e. The van der Waals surface area contributed by atoms with E-state index in [-0.39, 0.29) is 18.7 Å². The second-order valence-electron chi connectivity index (χ2n) is 8.73. The third kappa shape index (κ3) is 7.43. The molecule has 0 radical (unpaired) electrons. The minimum atomic E-state index is -0.847. The van der Waals surface area contributed by atoms with Crippen molar-refractivity contribution in [2.24, 2.45) is 0 Å². The zero-order chi connectivity index (χ0) is 25.6. The first-order chi connectivity index (χ1) is 16.6. The molecule has 0 fully saturated rings. The number of nitrogens with one attached hydrogen (secondary N) is 1. The van der Waals surface area contributed by atoms with E-state index in [9.17, 15) is 19.5 Å². The Morgan fingerprint density at radius 3 is 2.46 bits per heavy atom. The number of alkyl carbamates (subject to hydrolysis) is 1. The van der Waals surface area contributed by atoms with Crippen LogP contribution in [-0.4, -0.2) is 38.7 Å². The van der Waals surface area contributed by atoms with Crippen LogP contribution in [0.25, 0.3) is 10.7 Å². The van der Waals surface area contributed by atoms with E-state index in [1.165, 1.54) is 5.38 Å². The summed E-state index contributed by atoms with van der Waals surface area (Å²) in [5.74, 6) is -1.52. The molecule has 3 rings (SSSR count). The van der Waals surface area contributed by atoms with Crippen molar-refractivity contribution >= 4 is 29.4 Å². The number of hydrogen-bond donors (Lipinski definition) is 2. The first-order valence-electron chi connectivity index (χ1n) is 10.9.